The Morgan fingerprint density at radius 3 is 2.85 bits per heavy atom. The zero-order valence-electron chi connectivity index (χ0n) is 12.8. The molecule has 4 heteroatoms. The first-order chi connectivity index (χ1) is 9.72. The Hall–Kier alpha value is -1.00. The number of benzene rings is 1. The molecule has 0 unspecified atom stereocenters. The smallest absolute Gasteiger partial charge is 0.121 e. The van der Waals surface area contributed by atoms with E-state index in [1.807, 2.05) is 11.8 Å². The van der Waals surface area contributed by atoms with Gasteiger partial charge in [0.05, 0.1) is 17.6 Å². The molecule has 0 saturated carbocycles. The summed E-state index contributed by atoms with van der Waals surface area (Å²) >= 11 is 1.91. The molecule has 0 spiro atoms. The lowest BCUT2D eigenvalue weighted by Crippen LogP contribution is -2.19. The van der Waals surface area contributed by atoms with Crippen molar-refractivity contribution in [2.24, 2.45) is 0 Å². The first kappa shape index (κ1) is 15.4. The number of aromatic amines is 1. The van der Waals surface area contributed by atoms with Gasteiger partial charge >= 0.3 is 0 Å². The zero-order valence-corrected chi connectivity index (χ0v) is 13.6. The summed E-state index contributed by atoms with van der Waals surface area (Å²) in [5.41, 5.74) is 2.23. The molecule has 110 valence electrons. The first-order valence-corrected chi connectivity index (χ1v) is 8.51. The van der Waals surface area contributed by atoms with Crippen molar-refractivity contribution in [3.8, 4) is 0 Å². The highest BCUT2D eigenvalue weighted by molar-refractivity contribution is 7.99. The summed E-state index contributed by atoms with van der Waals surface area (Å²) in [6.07, 6.45) is 3.69. The summed E-state index contributed by atoms with van der Waals surface area (Å²) < 4.78 is 0. The molecule has 1 aromatic heterocycles. The predicted molar refractivity (Wildman–Crippen MR) is 88.4 cm³/mol. The number of hydrogen-bond donors (Lipinski definition) is 1. The molecule has 20 heavy (non-hydrogen) atoms. The first-order valence-electron chi connectivity index (χ1n) is 7.53. The Morgan fingerprint density at radius 1 is 1.25 bits per heavy atom. The molecule has 0 aliphatic heterocycles. The fourth-order valence-electron chi connectivity index (χ4n) is 2.19. The Kier molecular flexibility index (Phi) is 5.92. The van der Waals surface area contributed by atoms with Crippen molar-refractivity contribution < 1.29 is 0 Å². The van der Waals surface area contributed by atoms with Crippen molar-refractivity contribution in [1.82, 2.24) is 14.9 Å². The standard InChI is InChI=1S/C16H25N3S/c1-4-6-9-19(3)12-16-17-14-8-7-13(20-10-5-2)11-15(14)18-16/h7-8,11H,4-6,9-10,12H2,1-3H3,(H,17,18). The Morgan fingerprint density at radius 2 is 2.10 bits per heavy atom. The van der Waals surface area contributed by atoms with Crippen molar-refractivity contribution in [3.63, 3.8) is 0 Å². The third-order valence-electron chi connectivity index (χ3n) is 3.29. The van der Waals surface area contributed by atoms with Crippen molar-refractivity contribution in [1.29, 1.82) is 0 Å². The van der Waals surface area contributed by atoms with Crippen LogP contribution in [0.5, 0.6) is 0 Å². The second-order valence-corrected chi connectivity index (χ2v) is 6.47. The van der Waals surface area contributed by atoms with E-state index in [1.165, 1.54) is 29.9 Å². The van der Waals surface area contributed by atoms with Gasteiger partial charge in [-0.15, -0.1) is 11.8 Å². The van der Waals surface area contributed by atoms with Gasteiger partial charge in [0.25, 0.3) is 0 Å². The van der Waals surface area contributed by atoms with Crippen LogP contribution in [0, 0.1) is 0 Å². The summed E-state index contributed by atoms with van der Waals surface area (Å²) in [6.45, 7) is 6.47. The average Bonchev–Trinajstić information content (AvgIpc) is 2.84. The number of unbranched alkanes of at least 4 members (excludes halogenated alkanes) is 1. The van der Waals surface area contributed by atoms with Crippen LogP contribution < -0.4 is 0 Å². The number of nitrogens with one attached hydrogen (secondary N) is 1. The average molecular weight is 291 g/mol. The quantitative estimate of drug-likeness (QED) is 0.736. The van der Waals surface area contributed by atoms with Crippen LogP contribution in [-0.2, 0) is 6.54 Å². The highest BCUT2D eigenvalue weighted by atomic mass is 32.2. The number of thioether (sulfide) groups is 1. The lowest BCUT2D eigenvalue weighted by Gasteiger charge is -2.13. The van der Waals surface area contributed by atoms with Gasteiger partial charge in [-0.1, -0.05) is 20.3 Å². The molecule has 2 aromatic rings. The number of H-pyrrole nitrogens is 1. The molecule has 1 heterocycles. The SMILES string of the molecule is CCCCN(C)Cc1nc2ccc(SCCC)cc2[nH]1. The Balaban J connectivity index is 2.04. The Labute approximate surface area is 126 Å². The van der Waals surface area contributed by atoms with E-state index in [1.54, 1.807) is 0 Å². The van der Waals surface area contributed by atoms with Crippen LogP contribution in [-0.4, -0.2) is 34.2 Å². The molecule has 0 atom stereocenters. The van der Waals surface area contributed by atoms with Gasteiger partial charge in [-0.25, -0.2) is 4.98 Å². The number of imidazole rings is 1. The number of hydrogen-bond acceptors (Lipinski definition) is 3. The summed E-state index contributed by atoms with van der Waals surface area (Å²) in [7, 11) is 2.16. The third kappa shape index (κ3) is 4.25. The maximum absolute atomic E-state index is 4.68. The van der Waals surface area contributed by atoms with E-state index in [2.05, 4.69) is 54.0 Å². The van der Waals surface area contributed by atoms with E-state index in [-0.39, 0.29) is 0 Å². The number of fused-ring (bicyclic) bond motifs is 1. The van der Waals surface area contributed by atoms with Crippen molar-refractivity contribution >= 4 is 22.8 Å². The molecule has 0 fully saturated rings. The maximum Gasteiger partial charge on any atom is 0.121 e. The van der Waals surface area contributed by atoms with E-state index in [0.29, 0.717) is 0 Å². The molecule has 2 rings (SSSR count). The number of nitrogens with zero attached hydrogens (tertiary/aromatic N) is 2. The molecule has 1 aromatic carbocycles. The van der Waals surface area contributed by atoms with Crippen LogP contribution in [0.2, 0.25) is 0 Å². The van der Waals surface area contributed by atoms with Crippen LogP contribution in [0.4, 0.5) is 0 Å². The van der Waals surface area contributed by atoms with Gasteiger partial charge in [0.1, 0.15) is 5.82 Å². The van der Waals surface area contributed by atoms with Crippen molar-refractivity contribution in [3.05, 3.63) is 24.0 Å². The van der Waals surface area contributed by atoms with E-state index in [4.69, 9.17) is 0 Å². The largest absolute Gasteiger partial charge is 0.341 e. The van der Waals surface area contributed by atoms with Gasteiger partial charge in [-0.2, -0.15) is 0 Å². The van der Waals surface area contributed by atoms with Crippen LogP contribution in [0.1, 0.15) is 38.9 Å². The Bertz CT molecular complexity index is 536. The van der Waals surface area contributed by atoms with E-state index >= 15 is 0 Å². The van der Waals surface area contributed by atoms with Gasteiger partial charge < -0.3 is 4.98 Å². The van der Waals surface area contributed by atoms with E-state index < -0.39 is 0 Å². The van der Waals surface area contributed by atoms with Crippen molar-refractivity contribution in [2.75, 3.05) is 19.3 Å². The molecule has 3 nitrogen and oxygen atoms in total. The predicted octanol–water partition coefficient (Wildman–Crippen LogP) is 4.30. The number of aromatic nitrogens is 2. The van der Waals surface area contributed by atoms with Gasteiger partial charge in [0.15, 0.2) is 0 Å². The molecule has 0 bridgehead atoms. The van der Waals surface area contributed by atoms with E-state index in [0.717, 1.165) is 29.9 Å². The molecule has 0 aliphatic carbocycles. The summed E-state index contributed by atoms with van der Waals surface area (Å²) in [4.78, 5) is 11.8. The minimum absolute atomic E-state index is 0.895. The van der Waals surface area contributed by atoms with Gasteiger partial charge in [-0.05, 0) is 50.4 Å². The van der Waals surface area contributed by atoms with Crippen LogP contribution in [0.15, 0.2) is 23.1 Å². The molecule has 0 amide bonds. The van der Waals surface area contributed by atoms with E-state index in [9.17, 15) is 0 Å². The summed E-state index contributed by atoms with van der Waals surface area (Å²) in [6, 6.07) is 6.52. The fraction of sp³-hybridized carbons (Fsp3) is 0.562. The summed E-state index contributed by atoms with van der Waals surface area (Å²) in [5, 5.41) is 0. The highest BCUT2D eigenvalue weighted by Gasteiger charge is 2.06. The van der Waals surface area contributed by atoms with Gasteiger partial charge in [-0.3, -0.25) is 4.90 Å². The molecule has 1 N–H and O–H groups in total. The van der Waals surface area contributed by atoms with Crippen molar-refractivity contribution in [2.45, 2.75) is 44.6 Å². The second kappa shape index (κ2) is 7.70. The fourth-order valence-corrected chi connectivity index (χ4v) is 2.99. The van der Waals surface area contributed by atoms with Gasteiger partial charge in [0, 0.05) is 4.90 Å². The molecule has 0 saturated heterocycles. The lowest BCUT2D eigenvalue weighted by molar-refractivity contribution is 0.314. The minimum atomic E-state index is 0.895. The molecular formula is C16H25N3S. The molecule has 0 aliphatic rings. The zero-order chi connectivity index (χ0) is 14.4. The highest BCUT2D eigenvalue weighted by Crippen LogP contribution is 2.23. The second-order valence-electron chi connectivity index (χ2n) is 5.30. The number of rotatable bonds is 8. The normalized spacial score (nSPS) is 11.6. The topological polar surface area (TPSA) is 31.9 Å². The van der Waals surface area contributed by atoms with Crippen LogP contribution >= 0.6 is 11.8 Å². The molecular weight excluding hydrogens is 266 g/mol. The summed E-state index contributed by atoms with van der Waals surface area (Å²) in [5.74, 6) is 2.24. The van der Waals surface area contributed by atoms with Crippen LogP contribution in [0.25, 0.3) is 11.0 Å². The monoisotopic (exact) mass is 291 g/mol. The van der Waals surface area contributed by atoms with Gasteiger partial charge in [0.2, 0.25) is 0 Å². The molecule has 0 radical (unpaired) electrons. The third-order valence-corrected chi connectivity index (χ3v) is 4.49. The maximum atomic E-state index is 4.68. The minimum Gasteiger partial charge on any atom is -0.341 e. The lowest BCUT2D eigenvalue weighted by atomic mass is 10.3. The van der Waals surface area contributed by atoms with Crippen LogP contribution in [0.3, 0.4) is 0 Å².